The van der Waals surface area contributed by atoms with Crippen molar-refractivity contribution in [3.05, 3.63) is 66.2 Å². The van der Waals surface area contributed by atoms with Gasteiger partial charge >= 0.3 is 0 Å². The van der Waals surface area contributed by atoms with Crippen molar-refractivity contribution in [1.29, 1.82) is 0 Å². The zero-order valence-electron chi connectivity index (χ0n) is 10.5. The Morgan fingerprint density at radius 3 is 2.65 bits per heavy atom. The monoisotopic (exact) mass is 270 g/mol. The zero-order chi connectivity index (χ0) is 13.9. The van der Waals surface area contributed by atoms with Gasteiger partial charge in [-0.25, -0.2) is 4.39 Å². The van der Waals surface area contributed by atoms with E-state index in [1.165, 1.54) is 12.1 Å². The first-order valence-electron chi connectivity index (χ1n) is 6.13. The average molecular weight is 270 g/mol. The second-order valence-electron chi connectivity index (χ2n) is 4.29. The third kappa shape index (κ3) is 2.40. The molecule has 0 aliphatic rings. The lowest BCUT2D eigenvalue weighted by molar-refractivity contribution is 0.0895. The van der Waals surface area contributed by atoms with E-state index in [0.717, 1.165) is 0 Å². The molecule has 0 saturated heterocycles. The fourth-order valence-corrected chi connectivity index (χ4v) is 1.90. The number of halogens is 1. The quantitative estimate of drug-likeness (QED) is 0.676. The van der Waals surface area contributed by atoms with Crippen molar-refractivity contribution >= 4 is 16.8 Å². The van der Waals surface area contributed by atoms with Crippen LogP contribution in [0.1, 0.15) is 10.6 Å². The number of rotatable bonds is 4. The molecule has 3 nitrogen and oxygen atoms in total. The van der Waals surface area contributed by atoms with Crippen LogP contribution in [0, 0.1) is 5.82 Å². The maximum Gasteiger partial charge on any atom is 0.235 e. The Hall–Kier alpha value is -2.62. The fraction of sp³-hybridized carbons (Fsp3) is 0.0625. The van der Waals surface area contributed by atoms with Crippen LogP contribution in [0.3, 0.4) is 0 Å². The fourth-order valence-electron chi connectivity index (χ4n) is 1.90. The SMILES string of the molecule is O=C(COc1ccccc1)c1cc2cccc(F)c2o1. The van der Waals surface area contributed by atoms with E-state index < -0.39 is 5.82 Å². The van der Waals surface area contributed by atoms with Crippen LogP contribution in [0.25, 0.3) is 11.0 Å². The number of benzene rings is 2. The van der Waals surface area contributed by atoms with E-state index in [-0.39, 0.29) is 23.7 Å². The maximum atomic E-state index is 13.5. The van der Waals surface area contributed by atoms with Gasteiger partial charge in [0.05, 0.1) is 0 Å². The highest BCUT2D eigenvalue weighted by atomic mass is 19.1. The summed E-state index contributed by atoms with van der Waals surface area (Å²) in [7, 11) is 0. The summed E-state index contributed by atoms with van der Waals surface area (Å²) in [5.41, 5.74) is 0.0931. The average Bonchev–Trinajstić information content (AvgIpc) is 2.91. The van der Waals surface area contributed by atoms with E-state index in [2.05, 4.69) is 0 Å². The lowest BCUT2D eigenvalue weighted by Crippen LogP contribution is -2.10. The molecule has 1 aromatic heterocycles. The highest BCUT2D eigenvalue weighted by Crippen LogP contribution is 2.22. The van der Waals surface area contributed by atoms with Crippen molar-refractivity contribution in [3.63, 3.8) is 0 Å². The number of hydrogen-bond acceptors (Lipinski definition) is 3. The van der Waals surface area contributed by atoms with E-state index in [1.54, 1.807) is 24.3 Å². The minimum absolute atomic E-state index is 0.0931. The maximum absolute atomic E-state index is 13.5. The molecule has 0 amide bonds. The first kappa shape index (κ1) is 12.4. The normalized spacial score (nSPS) is 10.7. The van der Waals surface area contributed by atoms with Crippen LogP contribution in [0.15, 0.2) is 59.0 Å². The molecule has 0 aliphatic heterocycles. The smallest absolute Gasteiger partial charge is 0.235 e. The standard InChI is InChI=1S/C16H11FO3/c17-13-8-4-5-11-9-15(20-16(11)13)14(18)10-19-12-6-2-1-3-7-12/h1-9H,10H2. The minimum atomic E-state index is -0.481. The molecule has 4 heteroatoms. The summed E-state index contributed by atoms with van der Waals surface area (Å²) in [5.74, 6) is -0.112. The van der Waals surface area contributed by atoms with Gasteiger partial charge in [-0.3, -0.25) is 4.79 Å². The molecule has 3 aromatic rings. The Balaban J connectivity index is 1.77. The van der Waals surface area contributed by atoms with E-state index in [4.69, 9.17) is 9.15 Å². The molecular formula is C16H11FO3. The summed E-state index contributed by atoms with van der Waals surface area (Å²) in [5, 5.41) is 0.563. The molecule has 0 radical (unpaired) electrons. The predicted octanol–water partition coefficient (Wildman–Crippen LogP) is 3.83. The molecule has 0 unspecified atom stereocenters. The number of hydrogen-bond donors (Lipinski definition) is 0. The summed E-state index contributed by atoms with van der Waals surface area (Å²) in [4.78, 5) is 12.0. The van der Waals surface area contributed by atoms with Crippen molar-refractivity contribution in [2.75, 3.05) is 6.61 Å². The molecule has 100 valence electrons. The van der Waals surface area contributed by atoms with E-state index in [1.807, 2.05) is 18.2 Å². The number of carbonyl (C=O) groups excluding carboxylic acids is 1. The summed E-state index contributed by atoms with van der Waals surface area (Å²) < 4.78 is 24.1. The summed E-state index contributed by atoms with van der Waals surface area (Å²) >= 11 is 0. The summed E-state index contributed by atoms with van der Waals surface area (Å²) in [6, 6.07) is 15.1. The topological polar surface area (TPSA) is 39.4 Å². The first-order chi connectivity index (χ1) is 9.74. The molecule has 1 heterocycles. The molecule has 0 saturated carbocycles. The molecule has 20 heavy (non-hydrogen) atoms. The van der Waals surface area contributed by atoms with Crippen LogP contribution >= 0.6 is 0 Å². The number of ether oxygens (including phenoxy) is 1. The van der Waals surface area contributed by atoms with Gasteiger partial charge in [0.2, 0.25) is 5.78 Å². The van der Waals surface area contributed by atoms with Crippen LogP contribution in [0.4, 0.5) is 4.39 Å². The number of ketones is 1. The Kier molecular flexibility index (Phi) is 3.21. The van der Waals surface area contributed by atoms with Gasteiger partial charge in [0.15, 0.2) is 23.8 Å². The molecule has 3 rings (SSSR count). The summed E-state index contributed by atoms with van der Waals surface area (Å²) in [6.07, 6.45) is 0. The third-order valence-electron chi connectivity index (χ3n) is 2.88. The highest BCUT2D eigenvalue weighted by molar-refractivity contribution is 5.98. The van der Waals surface area contributed by atoms with Crippen molar-refractivity contribution in [3.8, 4) is 5.75 Å². The van der Waals surface area contributed by atoms with Crippen LogP contribution in [-0.2, 0) is 0 Å². The first-order valence-corrected chi connectivity index (χ1v) is 6.13. The number of para-hydroxylation sites is 2. The number of furan rings is 1. The lowest BCUT2D eigenvalue weighted by atomic mass is 10.2. The Morgan fingerprint density at radius 2 is 1.90 bits per heavy atom. The molecule has 0 N–H and O–H groups in total. The van der Waals surface area contributed by atoms with Gasteiger partial charge in [-0.15, -0.1) is 0 Å². The third-order valence-corrected chi connectivity index (χ3v) is 2.88. The van der Waals surface area contributed by atoms with Crippen LogP contribution in [0.2, 0.25) is 0 Å². The molecule has 0 bridgehead atoms. The van der Waals surface area contributed by atoms with Crippen LogP contribution < -0.4 is 4.74 Å². The molecule has 0 spiro atoms. The number of Topliss-reactive ketones (excluding diaryl/α,β-unsaturated/α-hetero) is 1. The van der Waals surface area contributed by atoms with E-state index in [9.17, 15) is 9.18 Å². The minimum Gasteiger partial charge on any atom is -0.485 e. The van der Waals surface area contributed by atoms with Crippen molar-refractivity contribution < 1.29 is 18.3 Å². The van der Waals surface area contributed by atoms with Gasteiger partial charge in [-0.05, 0) is 24.3 Å². The van der Waals surface area contributed by atoms with Crippen molar-refractivity contribution in [2.45, 2.75) is 0 Å². The Labute approximate surface area is 114 Å². The molecule has 0 atom stereocenters. The highest BCUT2D eigenvalue weighted by Gasteiger charge is 2.15. The second-order valence-corrected chi connectivity index (χ2v) is 4.29. The predicted molar refractivity (Wildman–Crippen MR) is 72.4 cm³/mol. The van der Waals surface area contributed by atoms with Crippen molar-refractivity contribution in [1.82, 2.24) is 0 Å². The number of carbonyl (C=O) groups is 1. The van der Waals surface area contributed by atoms with E-state index >= 15 is 0 Å². The molecule has 0 fully saturated rings. The zero-order valence-corrected chi connectivity index (χ0v) is 10.5. The molecule has 2 aromatic carbocycles. The van der Waals surface area contributed by atoms with Crippen LogP contribution in [0.5, 0.6) is 5.75 Å². The molecular weight excluding hydrogens is 259 g/mol. The van der Waals surface area contributed by atoms with Gasteiger partial charge in [0, 0.05) is 5.39 Å². The second kappa shape index (κ2) is 5.17. The Morgan fingerprint density at radius 1 is 1.10 bits per heavy atom. The Bertz CT molecular complexity index is 747. The summed E-state index contributed by atoms with van der Waals surface area (Å²) in [6.45, 7) is -0.147. The van der Waals surface area contributed by atoms with Crippen LogP contribution in [-0.4, -0.2) is 12.4 Å². The van der Waals surface area contributed by atoms with Gasteiger partial charge in [0.25, 0.3) is 0 Å². The van der Waals surface area contributed by atoms with Crippen molar-refractivity contribution in [2.24, 2.45) is 0 Å². The molecule has 0 aliphatic carbocycles. The van der Waals surface area contributed by atoms with E-state index in [0.29, 0.717) is 11.1 Å². The van der Waals surface area contributed by atoms with Gasteiger partial charge in [0.1, 0.15) is 5.75 Å². The largest absolute Gasteiger partial charge is 0.485 e. The van der Waals surface area contributed by atoms with Gasteiger partial charge in [-0.2, -0.15) is 0 Å². The van der Waals surface area contributed by atoms with Gasteiger partial charge < -0.3 is 9.15 Å². The number of fused-ring (bicyclic) bond motifs is 1. The van der Waals surface area contributed by atoms with Gasteiger partial charge in [-0.1, -0.05) is 30.3 Å². The lowest BCUT2D eigenvalue weighted by Gasteiger charge is -2.02.